The van der Waals surface area contributed by atoms with Gasteiger partial charge < -0.3 is 19.7 Å². The zero-order valence-corrected chi connectivity index (χ0v) is 27.0. The molecule has 0 aromatic heterocycles. The van der Waals surface area contributed by atoms with E-state index in [1.54, 1.807) is 31.2 Å². The SMILES string of the molecule is CCCCNC(=O)C(C)N(Cc1cccc(Br)c1)C(=O)CN(c1ccc(OC)c(OC)c1)S(=O)(=O)c1ccc(C)cc1. The molecule has 0 saturated carbocycles. The molecule has 9 nitrogen and oxygen atoms in total. The first-order valence-corrected chi connectivity index (χ1v) is 15.9. The van der Waals surface area contributed by atoms with Crippen molar-refractivity contribution in [3.63, 3.8) is 0 Å². The number of benzene rings is 3. The highest BCUT2D eigenvalue weighted by Crippen LogP contribution is 2.34. The van der Waals surface area contributed by atoms with Crippen LogP contribution in [0.15, 0.2) is 76.1 Å². The fourth-order valence-electron chi connectivity index (χ4n) is 4.30. The molecular formula is C31H38BrN3O6S. The van der Waals surface area contributed by atoms with Crippen LogP contribution >= 0.6 is 15.9 Å². The molecule has 0 aliphatic heterocycles. The number of ether oxygens (including phenoxy) is 2. The number of amides is 2. The molecule has 42 heavy (non-hydrogen) atoms. The van der Waals surface area contributed by atoms with Crippen molar-refractivity contribution < 1.29 is 27.5 Å². The predicted molar refractivity (Wildman–Crippen MR) is 167 cm³/mol. The van der Waals surface area contributed by atoms with Crippen LogP contribution in [0.4, 0.5) is 5.69 Å². The Balaban J connectivity index is 2.06. The van der Waals surface area contributed by atoms with Crippen molar-refractivity contribution in [2.75, 3.05) is 31.6 Å². The number of halogens is 1. The van der Waals surface area contributed by atoms with Gasteiger partial charge in [-0.2, -0.15) is 0 Å². The fourth-order valence-corrected chi connectivity index (χ4v) is 6.15. The van der Waals surface area contributed by atoms with Crippen LogP contribution in [0.1, 0.15) is 37.8 Å². The Bertz CT molecular complexity index is 1480. The number of anilines is 1. The summed E-state index contributed by atoms with van der Waals surface area (Å²) < 4.78 is 40.7. The molecule has 1 N–H and O–H groups in total. The minimum absolute atomic E-state index is 0.0274. The molecular weight excluding hydrogens is 622 g/mol. The molecule has 0 radical (unpaired) electrons. The number of aryl methyl sites for hydroxylation is 1. The van der Waals surface area contributed by atoms with E-state index in [0.717, 1.165) is 32.7 Å². The first-order chi connectivity index (χ1) is 20.0. The smallest absolute Gasteiger partial charge is 0.264 e. The van der Waals surface area contributed by atoms with Gasteiger partial charge in [-0.3, -0.25) is 13.9 Å². The number of unbranched alkanes of at least 4 members (excludes halogenated alkanes) is 1. The second kappa shape index (κ2) is 15.1. The van der Waals surface area contributed by atoms with E-state index >= 15 is 0 Å². The molecule has 0 aliphatic carbocycles. The van der Waals surface area contributed by atoms with Gasteiger partial charge in [0.25, 0.3) is 10.0 Å². The summed E-state index contributed by atoms with van der Waals surface area (Å²) in [6.45, 7) is 5.57. The molecule has 0 aliphatic rings. The zero-order chi connectivity index (χ0) is 30.9. The van der Waals surface area contributed by atoms with E-state index in [9.17, 15) is 18.0 Å². The zero-order valence-electron chi connectivity index (χ0n) is 24.6. The Morgan fingerprint density at radius 2 is 1.67 bits per heavy atom. The van der Waals surface area contributed by atoms with Crippen molar-refractivity contribution in [2.45, 2.75) is 51.1 Å². The fraction of sp³-hybridized carbons (Fsp3) is 0.355. The number of nitrogens with one attached hydrogen (secondary N) is 1. The summed E-state index contributed by atoms with van der Waals surface area (Å²) in [5.74, 6) is -0.139. The van der Waals surface area contributed by atoms with Gasteiger partial charge in [-0.05, 0) is 62.2 Å². The van der Waals surface area contributed by atoms with Gasteiger partial charge in [0.2, 0.25) is 11.8 Å². The van der Waals surface area contributed by atoms with Crippen molar-refractivity contribution in [3.8, 4) is 11.5 Å². The quantitative estimate of drug-likeness (QED) is 0.235. The monoisotopic (exact) mass is 659 g/mol. The van der Waals surface area contributed by atoms with E-state index in [1.165, 1.54) is 37.3 Å². The van der Waals surface area contributed by atoms with Gasteiger partial charge in [0.05, 0.1) is 24.8 Å². The van der Waals surface area contributed by atoms with Crippen molar-refractivity contribution in [1.29, 1.82) is 0 Å². The number of sulfonamides is 1. The molecule has 3 aromatic carbocycles. The van der Waals surface area contributed by atoms with E-state index in [0.29, 0.717) is 18.0 Å². The van der Waals surface area contributed by atoms with Crippen molar-refractivity contribution in [1.82, 2.24) is 10.2 Å². The predicted octanol–water partition coefficient (Wildman–Crippen LogP) is 5.30. The first kappa shape index (κ1) is 32.9. The van der Waals surface area contributed by atoms with Gasteiger partial charge >= 0.3 is 0 Å². The molecule has 1 unspecified atom stereocenters. The lowest BCUT2D eigenvalue weighted by Gasteiger charge is -2.32. The van der Waals surface area contributed by atoms with Crippen molar-refractivity contribution in [2.24, 2.45) is 0 Å². The van der Waals surface area contributed by atoms with Crippen LogP contribution in [0.25, 0.3) is 0 Å². The first-order valence-electron chi connectivity index (χ1n) is 13.6. The molecule has 3 aromatic rings. The maximum Gasteiger partial charge on any atom is 0.264 e. The molecule has 11 heteroatoms. The number of carbonyl (C=O) groups is 2. The summed E-state index contributed by atoms with van der Waals surface area (Å²) in [7, 11) is -1.28. The van der Waals surface area contributed by atoms with Gasteiger partial charge in [-0.25, -0.2) is 8.42 Å². The minimum Gasteiger partial charge on any atom is -0.493 e. The third-order valence-electron chi connectivity index (χ3n) is 6.78. The topological polar surface area (TPSA) is 105 Å². The highest BCUT2D eigenvalue weighted by Gasteiger charge is 2.33. The molecule has 0 fully saturated rings. The summed E-state index contributed by atoms with van der Waals surface area (Å²) in [5.41, 5.74) is 1.89. The summed E-state index contributed by atoms with van der Waals surface area (Å²) in [5, 5.41) is 2.89. The molecule has 1 atom stereocenters. The van der Waals surface area contributed by atoms with Gasteiger partial charge in [0, 0.05) is 23.6 Å². The third kappa shape index (κ3) is 8.25. The van der Waals surface area contributed by atoms with Crippen LogP contribution in [0.5, 0.6) is 11.5 Å². The van der Waals surface area contributed by atoms with E-state index in [-0.39, 0.29) is 23.0 Å². The number of hydrogen-bond donors (Lipinski definition) is 1. The molecule has 226 valence electrons. The number of carbonyl (C=O) groups excluding carboxylic acids is 2. The normalized spacial score (nSPS) is 11.9. The lowest BCUT2D eigenvalue weighted by atomic mass is 10.1. The Morgan fingerprint density at radius 1 is 0.976 bits per heavy atom. The Morgan fingerprint density at radius 3 is 2.29 bits per heavy atom. The van der Waals surface area contributed by atoms with Crippen molar-refractivity contribution >= 4 is 43.5 Å². The standard InChI is InChI=1S/C31H38BrN3O6S/c1-6-7-17-33-31(37)23(3)34(20-24-9-8-10-25(32)18-24)30(36)21-35(26-13-16-28(40-4)29(19-26)41-5)42(38,39)27-14-11-22(2)12-15-27/h8-16,18-19,23H,6-7,17,20-21H2,1-5H3,(H,33,37). The lowest BCUT2D eigenvalue weighted by Crippen LogP contribution is -2.51. The molecule has 2 amide bonds. The molecule has 3 rings (SSSR count). The summed E-state index contributed by atoms with van der Waals surface area (Å²) >= 11 is 3.46. The molecule has 0 spiro atoms. The Labute approximate surface area is 257 Å². The van der Waals surface area contributed by atoms with Crippen LogP contribution in [0.2, 0.25) is 0 Å². The average molecular weight is 661 g/mol. The third-order valence-corrected chi connectivity index (χ3v) is 9.06. The van der Waals surface area contributed by atoms with Crippen LogP contribution in [0.3, 0.4) is 0 Å². The summed E-state index contributed by atoms with van der Waals surface area (Å²) in [6, 6.07) is 17.6. The highest BCUT2D eigenvalue weighted by atomic mass is 79.9. The average Bonchev–Trinajstić information content (AvgIpc) is 2.98. The van der Waals surface area contributed by atoms with E-state index in [4.69, 9.17) is 9.47 Å². The maximum atomic E-state index is 14.1. The van der Waals surface area contributed by atoms with Crippen LogP contribution in [-0.4, -0.2) is 58.5 Å². The number of hydrogen-bond acceptors (Lipinski definition) is 6. The Hall–Kier alpha value is -3.57. The molecule has 0 bridgehead atoms. The van der Waals surface area contributed by atoms with Crippen LogP contribution in [-0.2, 0) is 26.2 Å². The molecule has 0 heterocycles. The van der Waals surface area contributed by atoms with Crippen molar-refractivity contribution in [3.05, 3.63) is 82.3 Å². The van der Waals surface area contributed by atoms with E-state index in [2.05, 4.69) is 21.2 Å². The highest BCUT2D eigenvalue weighted by molar-refractivity contribution is 9.10. The van der Waals surface area contributed by atoms with Crippen LogP contribution in [0, 0.1) is 6.92 Å². The maximum absolute atomic E-state index is 14.1. The van der Waals surface area contributed by atoms with Gasteiger partial charge in [0.15, 0.2) is 11.5 Å². The van der Waals surface area contributed by atoms with Gasteiger partial charge in [-0.15, -0.1) is 0 Å². The Kier molecular flexibility index (Phi) is 11.8. The summed E-state index contributed by atoms with van der Waals surface area (Å²) in [6.07, 6.45) is 1.71. The second-order valence-corrected chi connectivity index (χ2v) is 12.6. The van der Waals surface area contributed by atoms with Gasteiger partial charge in [0.1, 0.15) is 12.6 Å². The van der Waals surface area contributed by atoms with E-state index in [1.807, 2.05) is 38.1 Å². The minimum atomic E-state index is -4.21. The molecule has 0 saturated heterocycles. The second-order valence-electron chi connectivity index (χ2n) is 9.84. The lowest BCUT2D eigenvalue weighted by molar-refractivity contribution is -0.139. The van der Waals surface area contributed by atoms with Crippen LogP contribution < -0.4 is 19.1 Å². The largest absolute Gasteiger partial charge is 0.493 e. The number of methoxy groups -OCH3 is 2. The van der Waals surface area contributed by atoms with E-state index < -0.39 is 28.5 Å². The number of nitrogens with zero attached hydrogens (tertiary/aromatic N) is 2. The van der Waals surface area contributed by atoms with Gasteiger partial charge in [-0.1, -0.05) is 59.1 Å². The number of rotatable bonds is 14. The summed E-state index contributed by atoms with van der Waals surface area (Å²) in [4.78, 5) is 28.6.